The first-order valence-corrected chi connectivity index (χ1v) is 8.27. The Hall–Kier alpha value is -3.30. The van der Waals surface area contributed by atoms with Crippen LogP contribution in [0.2, 0.25) is 0 Å². The van der Waals surface area contributed by atoms with E-state index < -0.39 is 10.8 Å². The van der Waals surface area contributed by atoms with Crippen LogP contribution in [0.3, 0.4) is 0 Å². The SMILES string of the molecule is CC1CCCN(c2ncnc(NNC(=O)c3ccncc3)c2[N+](=O)[O-])C1. The fraction of sp³-hybridized carbons (Fsp3) is 0.375. The fourth-order valence-electron chi connectivity index (χ4n) is 2.93. The van der Waals surface area contributed by atoms with Gasteiger partial charge in [0.15, 0.2) is 0 Å². The molecule has 1 aliphatic heterocycles. The van der Waals surface area contributed by atoms with Crippen molar-refractivity contribution >= 4 is 23.2 Å². The average Bonchev–Trinajstić information content (AvgIpc) is 2.66. The third-order valence-corrected chi connectivity index (χ3v) is 4.18. The van der Waals surface area contributed by atoms with Crippen molar-refractivity contribution in [3.8, 4) is 0 Å². The lowest BCUT2D eigenvalue weighted by Crippen LogP contribution is -2.36. The minimum atomic E-state index is -0.532. The molecule has 2 N–H and O–H groups in total. The van der Waals surface area contributed by atoms with Gasteiger partial charge < -0.3 is 4.90 Å². The molecule has 0 aliphatic carbocycles. The van der Waals surface area contributed by atoms with E-state index in [0.717, 1.165) is 12.8 Å². The van der Waals surface area contributed by atoms with Gasteiger partial charge in [-0.15, -0.1) is 0 Å². The number of piperidine rings is 1. The number of nitro groups is 1. The monoisotopic (exact) mass is 357 g/mol. The number of anilines is 2. The van der Waals surface area contributed by atoms with Crippen molar-refractivity contribution in [2.45, 2.75) is 19.8 Å². The summed E-state index contributed by atoms with van der Waals surface area (Å²) in [5.41, 5.74) is 5.08. The molecule has 2 aromatic rings. The number of nitrogens with zero attached hydrogens (tertiary/aromatic N) is 5. The third kappa shape index (κ3) is 3.85. The first-order chi connectivity index (χ1) is 12.6. The van der Waals surface area contributed by atoms with Crippen molar-refractivity contribution in [2.75, 3.05) is 23.4 Å². The van der Waals surface area contributed by atoms with Gasteiger partial charge in [0.2, 0.25) is 11.6 Å². The molecule has 10 heteroatoms. The fourth-order valence-corrected chi connectivity index (χ4v) is 2.93. The van der Waals surface area contributed by atoms with Crippen molar-refractivity contribution < 1.29 is 9.72 Å². The van der Waals surface area contributed by atoms with Gasteiger partial charge in [-0.25, -0.2) is 9.97 Å². The Morgan fingerprint density at radius 1 is 1.35 bits per heavy atom. The van der Waals surface area contributed by atoms with Crippen LogP contribution in [0.15, 0.2) is 30.9 Å². The largest absolute Gasteiger partial charge is 0.355 e. The van der Waals surface area contributed by atoms with Crippen LogP contribution in [0.25, 0.3) is 0 Å². The zero-order valence-electron chi connectivity index (χ0n) is 14.3. The van der Waals surface area contributed by atoms with E-state index in [1.54, 1.807) is 0 Å². The highest BCUT2D eigenvalue weighted by molar-refractivity contribution is 5.94. The number of carbonyl (C=O) groups is 1. The van der Waals surface area contributed by atoms with E-state index in [1.165, 1.54) is 30.9 Å². The molecule has 1 amide bonds. The number of aromatic nitrogens is 3. The molecule has 3 rings (SSSR count). The Labute approximate surface area is 149 Å². The molecule has 1 atom stereocenters. The summed E-state index contributed by atoms with van der Waals surface area (Å²) in [6.45, 7) is 3.50. The highest BCUT2D eigenvalue weighted by Gasteiger charge is 2.29. The second-order valence-electron chi connectivity index (χ2n) is 6.16. The summed E-state index contributed by atoms with van der Waals surface area (Å²) < 4.78 is 0. The summed E-state index contributed by atoms with van der Waals surface area (Å²) in [5, 5.41) is 11.6. The molecule has 10 nitrogen and oxygen atoms in total. The van der Waals surface area contributed by atoms with Gasteiger partial charge in [-0.1, -0.05) is 6.92 Å². The number of pyridine rings is 1. The molecule has 3 heterocycles. The number of carbonyl (C=O) groups excluding carboxylic acids is 1. The van der Waals surface area contributed by atoms with Crippen molar-refractivity contribution in [3.63, 3.8) is 0 Å². The second-order valence-corrected chi connectivity index (χ2v) is 6.16. The molecule has 0 bridgehead atoms. The van der Waals surface area contributed by atoms with Gasteiger partial charge in [0.25, 0.3) is 5.91 Å². The lowest BCUT2D eigenvalue weighted by atomic mass is 10.0. The normalized spacial score (nSPS) is 16.8. The smallest absolute Gasteiger partial charge is 0.350 e. The lowest BCUT2D eigenvalue weighted by Gasteiger charge is -2.31. The number of hydrogen-bond acceptors (Lipinski definition) is 8. The highest BCUT2D eigenvalue weighted by atomic mass is 16.6. The summed E-state index contributed by atoms with van der Waals surface area (Å²) in [6, 6.07) is 3.07. The van der Waals surface area contributed by atoms with Crippen molar-refractivity contribution in [1.82, 2.24) is 20.4 Å². The molecule has 136 valence electrons. The average molecular weight is 357 g/mol. The van der Waals surface area contributed by atoms with Gasteiger partial charge in [0.1, 0.15) is 6.33 Å². The van der Waals surface area contributed by atoms with Crippen molar-refractivity contribution in [3.05, 3.63) is 46.5 Å². The van der Waals surface area contributed by atoms with E-state index in [4.69, 9.17) is 0 Å². The molecule has 2 aromatic heterocycles. The molecule has 0 saturated carbocycles. The number of hydrogen-bond donors (Lipinski definition) is 2. The zero-order chi connectivity index (χ0) is 18.5. The van der Waals surface area contributed by atoms with Crippen LogP contribution in [0.5, 0.6) is 0 Å². The molecule has 0 aromatic carbocycles. The predicted octanol–water partition coefficient (Wildman–Crippen LogP) is 1.77. The molecule has 1 fully saturated rings. The first-order valence-electron chi connectivity index (χ1n) is 8.27. The standard InChI is InChI=1S/C16H19N7O3/c1-11-3-2-8-22(9-11)15-13(23(25)26)14(18-10-19-15)20-21-16(24)12-4-6-17-7-5-12/h4-7,10-11H,2-3,8-9H2,1H3,(H,21,24)(H,18,19,20). The van der Waals surface area contributed by atoms with Gasteiger partial charge in [-0.2, -0.15) is 0 Å². The quantitative estimate of drug-likeness (QED) is 0.612. The number of hydrazine groups is 1. The highest BCUT2D eigenvalue weighted by Crippen LogP contribution is 2.33. The molecule has 0 spiro atoms. The third-order valence-electron chi connectivity index (χ3n) is 4.18. The van der Waals surface area contributed by atoms with E-state index in [1.807, 2.05) is 4.90 Å². The molecular weight excluding hydrogens is 338 g/mol. The van der Waals surface area contributed by atoms with Crippen LogP contribution in [0, 0.1) is 16.0 Å². The Kier molecular flexibility index (Phi) is 5.20. The van der Waals surface area contributed by atoms with Crippen LogP contribution in [-0.4, -0.2) is 38.9 Å². The summed E-state index contributed by atoms with van der Waals surface area (Å²) >= 11 is 0. The predicted molar refractivity (Wildman–Crippen MR) is 94.6 cm³/mol. The van der Waals surface area contributed by atoms with Crippen LogP contribution < -0.4 is 15.8 Å². The van der Waals surface area contributed by atoms with E-state index >= 15 is 0 Å². The van der Waals surface area contributed by atoms with Gasteiger partial charge in [-0.05, 0) is 30.9 Å². The minimum Gasteiger partial charge on any atom is -0.350 e. The van der Waals surface area contributed by atoms with E-state index in [9.17, 15) is 14.9 Å². The van der Waals surface area contributed by atoms with E-state index in [-0.39, 0.29) is 17.3 Å². The maximum atomic E-state index is 12.1. The van der Waals surface area contributed by atoms with Crippen molar-refractivity contribution in [1.29, 1.82) is 0 Å². The van der Waals surface area contributed by atoms with E-state index in [0.29, 0.717) is 24.6 Å². The Morgan fingerprint density at radius 2 is 2.12 bits per heavy atom. The van der Waals surface area contributed by atoms with Gasteiger partial charge in [0.05, 0.1) is 4.92 Å². The number of amides is 1. The maximum absolute atomic E-state index is 12.1. The zero-order valence-corrected chi connectivity index (χ0v) is 14.3. The van der Waals surface area contributed by atoms with Gasteiger partial charge >= 0.3 is 5.69 Å². The van der Waals surface area contributed by atoms with Gasteiger partial charge in [0, 0.05) is 31.0 Å². The molecule has 1 saturated heterocycles. The summed E-state index contributed by atoms with van der Waals surface area (Å²) in [7, 11) is 0. The maximum Gasteiger partial charge on any atom is 0.355 e. The summed E-state index contributed by atoms with van der Waals surface area (Å²) in [6.07, 6.45) is 6.25. The molecule has 26 heavy (non-hydrogen) atoms. The van der Waals surface area contributed by atoms with Crippen LogP contribution in [-0.2, 0) is 0 Å². The molecule has 1 aliphatic rings. The molecule has 0 radical (unpaired) electrons. The van der Waals surface area contributed by atoms with Crippen molar-refractivity contribution in [2.24, 2.45) is 5.92 Å². The molecule has 1 unspecified atom stereocenters. The minimum absolute atomic E-state index is 0.0550. The van der Waals surface area contributed by atoms with Crippen LogP contribution in [0.1, 0.15) is 30.1 Å². The second kappa shape index (κ2) is 7.72. The Morgan fingerprint density at radius 3 is 2.81 bits per heavy atom. The Bertz CT molecular complexity index is 800. The summed E-state index contributed by atoms with van der Waals surface area (Å²) in [5.74, 6) is 0.187. The van der Waals surface area contributed by atoms with E-state index in [2.05, 4.69) is 32.7 Å². The topological polar surface area (TPSA) is 126 Å². The number of rotatable bonds is 5. The number of nitrogens with one attached hydrogen (secondary N) is 2. The van der Waals surface area contributed by atoms with Crippen LogP contribution >= 0.6 is 0 Å². The van der Waals surface area contributed by atoms with Gasteiger partial charge in [-0.3, -0.25) is 30.7 Å². The lowest BCUT2D eigenvalue weighted by molar-refractivity contribution is -0.383. The summed E-state index contributed by atoms with van der Waals surface area (Å²) in [4.78, 5) is 37.0. The first kappa shape index (κ1) is 17.5. The Balaban J connectivity index is 1.82. The van der Waals surface area contributed by atoms with Crippen LogP contribution in [0.4, 0.5) is 17.3 Å². The molecular formula is C16H19N7O3.